The Bertz CT molecular complexity index is 746. The van der Waals surface area contributed by atoms with Crippen molar-refractivity contribution in [1.82, 2.24) is 14.9 Å². The molecule has 0 radical (unpaired) electrons. The topological polar surface area (TPSA) is 55.3 Å². The Hall–Kier alpha value is -1.34. The minimum atomic E-state index is -0.194. The molecule has 3 heterocycles. The predicted octanol–water partition coefficient (Wildman–Crippen LogP) is 3.36. The van der Waals surface area contributed by atoms with E-state index in [9.17, 15) is 4.79 Å². The van der Waals surface area contributed by atoms with E-state index < -0.39 is 0 Å². The molecule has 1 aliphatic heterocycles. The van der Waals surface area contributed by atoms with Crippen LogP contribution in [0.25, 0.3) is 10.2 Å². The third kappa shape index (κ3) is 2.92. The van der Waals surface area contributed by atoms with Crippen molar-refractivity contribution in [3.8, 4) is 0 Å². The number of thioether (sulfide) groups is 1. The van der Waals surface area contributed by atoms with E-state index >= 15 is 0 Å². The molecular formula is C16H19N3O2S2. The van der Waals surface area contributed by atoms with Crippen LogP contribution in [-0.2, 0) is 17.6 Å². The van der Waals surface area contributed by atoms with Gasteiger partial charge in [0.25, 0.3) is 0 Å². The molecule has 1 atom stereocenters. The molecule has 0 spiro atoms. The zero-order valence-corrected chi connectivity index (χ0v) is 14.7. The number of hydrogen-bond donors (Lipinski definition) is 0. The summed E-state index contributed by atoms with van der Waals surface area (Å²) in [6, 6.07) is 0. The van der Waals surface area contributed by atoms with Crippen LogP contribution < -0.4 is 0 Å². The summed E-state index contributed by atoms with van der Waals surface area (Å²) < 4.78 is 4.96. The maximum absolute atomic E-state index is 11.5. The van der Waals surface area contributed by atoms with Crippen LogP contribution in [0.15, 0.2) is 11.4 Å². The molecule has 2 aromatic heterocycles. The van der Waals surface area contributed by atoms with Crippen molar-refractivity contribution in [2.24, 2.45) is 5.92 Å². The molecule has 2 aromatic rings. The molecule has 0 N–H and O–H groups in total. The molecule has 1 amide bonds. The van der Waals surface area contributed by atoms with Crippen LogP contribution in [0.4, 0.5) is 4.79 Å². The van der Waals surface area contributed by atoms with Crippen LogP contribution in [0.1, 0.15) is 23.8 Å². The number of nitrogens with zero attached hydrogens (tertiary/aromatic N) is 3. The number of fused-ring (bicyclic) bond motifs is 3. The van der Waals surface area contributed by atoms with Gasteiger partial charge in [-0.1, -0.05) is 6.92 Å². The average molecular weight is 349 g/mol. The fourth-order valence-corrected chi connectivity index (χ4v) is 5.64. The summed E-state index contributed by atoms with van der Waals surface area (Å²) in [5.41, 5.74) is 1.46. The molecule has 4 rings (SSSR count). The summed E-state index contributed by atoms with van der Waals surface area (Å²) in [4.78, 5) is 24.8. The third-order valence-electron chi connectivity index (χ3n) is 4.50. The highest BCUT2D eigenvalue weighted by molar-refractivity contribution is 7.99. The first-order valence-electron chi connectivity index (χ1n) is 8.02. The summed E-state index contributed by atoms with van der Waals surface area (Å²) >= 11 is 3.55. The molecule has 122 valence electrons. The van der Waals surface area contributed by atoms with E-state index in [2.05, 4.69) is 16.9 Å². The molecule has 0 bridgehead atoms. The second kappa shape index (κ2) is 6.28. The molecule has 1 unspecified atom stereocenters. The van der Waals surface area contributed by atoms with Gasteiger partial charge < -0.3 is 9.64 Å². The van der Waals surface area contributed by atoms with Crippen molar-refractivity contribution < 1.29 is 9.53 Å². The molecule has 2 aliphatic rings. The van der Waals surface area contributed by atoms with E-state index in [1.165, 1.54) is 28.7 Å². The molecule has 1 aliphatic carbocycles. The molecule has 1 fully saturated rings. The first kappa shape index (κ1) is 15.2. The quantitative estimate of drug-likeness (QED) is 0.626. The third-order valence-corrected chi connectivity index (χ3v) is 6.63. The van der Waals surface area contributed by atoms with Gasteiger partial charge in [0, 0.05) is 22.6 Å². The van der Waals surface area contributed by atoms with Crippen molar-refractivity contribution in [3.05, 3.63) is 16.8 Å². The van der Waals surface area contributed by atoms with Crippen molar-refractivity contribution >= 4 is 39.4 Å². The molecule has 5 nitrogen and oxygen atoms in total. The minimum Gasteiger partial charge on any atom is -0.448 e. The number of thiophene rings is 1. The highest BCUT2D eigenvalue weighted by Crippen LogP contribution is 2.40. The fourth-order valence-electron chi connectivity index (χ4n) is 3.24. The van der Waals surface area contributed by atoms with E-state index in [-0.39, 0.29) is 6.09 Å². The summed E-state index contributed by atoms with van der Waals surface area (Å²) in [7, 11) is 0. The van der Waals surface area contributed by atoms with Gasteiger partial charge in [-0.3, -0.25) is 0 Å². The van der Waals surface area contributed by atoms with E-state index in [0.29, 0.717) is 19.7 Å². The van der Waals surface area contributed by atoms with Crippen LogP contribution in [0.5, 0.6) is 0 Å². The highest BCUT2D eigenvalue weighted by Gasteiger charge is 2.24. The Morgan fingerprint density at radius 3 is 3.22 bits per heavy atom. The summed E-state index contributed by atoms with van der Waals surface area (Å²) in [5, 5.41) is 2.32. The predicted molar refractivity (Wildman–Crippen MR) is 92.2 cm³/mol. The lowest BCUT2D eigenvalue weighted by Crippen LogP contribution is -2.26. The lowest BCUT2D eigenvalue weighted by atomic mass is 9.89. The van der Waals surface area contributed by atoms with Crippen molar-refractivity contribution in [1.29, 1.82) is 0 Å². The molecule has 0 saturated carbocycles. The van der Waals surface area contributed by atoms with Gasteiger partial charge in [-0.15, -0.1) is 23.1 Å². The number of amides is 1. The van der Waals surface area contributed by atoms with Gasteiger partial charge in [0.1, 0.15) is 22.8 Å². The summed E-state index contributed by atoms with van der Waals surface area (Å²) in [6.07, 6.45) is 5.02. The monoisotopic (exact) mass is 349 g/mol. The molecule has 1 saturated heterocycles. The number of aryl methyl sites for hydroxylation is 1. The van der Waals surface area contributed by atoms with Crippen molar-refractivity contribution in [2.45, 2.75) is 31.2 Å². The van der Waals surface area contributed by atoms with Crippen LogP contribution >= 0.6 is 23.1 Å². The first-order chi connectivity index (χ1) is 11.2. The number of carbonyl (C=O) groups excluding carboxylic acids is 1. The van der Waals surface area contributed by atoms with Gasteiger partial charge in [-0.25, -0.2) is 14.8 Å². The fraction of sp³-hybridized carbons (Fsp3) is 0.562. The van der Waals surface area contributed by atoms with Crippen LogP contribution in [-0.4, -0.2) is 46.4 Å². The van der Waals surface area contributed by atoms with Gasteiger partial charge >= 0.3 is 6.09 Å². The second-order valence-electron chi connectivity index (χ2n) is 6.16. The molecule has 0 aromatic carbocycles. The van der Waals surface area contributed by atoms with Gasteiger partial charge in [-0.2, -0.15) is 0 Å². The maximum Gasteiger partial charge on any atom is 0.409 e. The Morgan fingerprint density at radius 1 is 1.48 bits per heavy atom. The van der Waals surface area contributed by atoms with Crippen molar-refractivity contribution in [2.75, 3.05) is 25.4 Å². The van der Waals surface area contributed by atoms with E-state index in [4.69, 9.17) is 4.74 Å². The Balaban J connectivity index is 1.54. The van der Waals surface area contributed by atoms with E-state index in [1.807, 2.05) is 11.3 Å². The van der Waals surface area contributed by atoms with E-state index in [1.54, 1.807) is 23.0 Å². The van der Waals surface area contributed by atoms with Gasteiger partial charge in [0.05, 0.1) is 6.54 Å². The Kier molecular flexibility index (Phi) is 4.15. The van der Waals surface area contributed by atoms with Gasteiger partial charge in [-0.05, 0) is 30.7 Å². The lowest BCUT2D eigenvalue weighted by molar-refractivity contribution is 0.160. The standard InChI is InChI=1S/C16H19N3O2S2/c1-10-2-3-11-12(8-10)23-15-13(11)14(17-9-18-15)22-7-5-19-4-6-21-16(19)20/h9-10H,2-8H2,1H3. The normalized spacial score (nSPS) is 20.8. The number of rotatable bonds is 4. The van der Waals surface area contributed by atoms with E-state index in [0.717, 1.165) is 27.9 Å². The van der Waals surface area contributed by atoms with Crippen molar-refractivity contribution in [3.63, 3.8) is 0 Å². The number of ether oxygens (including phenoxy) is 1. The zero-order chi connectivity index (χ0) is 15.8. The number of hydrogen-bond acceptors (Lipinski definition) is 6. The SMILES string of the molecule is CC1CCc2c(sc3ncnc(SCCN4CCOC4=O)c23)C1. The maximum atomic E-state index is 11.5. The van der Waals surface area contributed by atoms with Crippen LogP contribution in [0.3, 0.4) is 0 Å². The molecule has 7 heteroatoms. The largest absolute Gasteiger partial charge is 0.448 e. The highest BCUT2D eigenvalue weighted by atomic mass is 32.2. The van der Waals surface area contributed by atoms with Gasteiger partial charge in [0.15, 0.2) is 0 Å². The number of carbonyl (C=O) groups is 1. The summed E-state index contributed by atoms with van der Waals surface area (Å²) in [5.74, 6) is 1.60. The zero-order valence-electron chi connectivity index (χ0n) is 13.1. The number of aromatic nitrogens is 2. The first-order valence-corrected chi connectivity index (χ1v) is 9.82. The summed E-state index contributed by atoms with van der Waals surface area (Å²) in [6.45, 7) is 4.24. The minimum absolute atomic E-state index is 0.194. The van der Waals surface area contributed by atoms with Crippen LogP contribution in [0.2, 0.25) is 0 Å². The molecular weight excluding hydrogens is 330 g/mol. The Labute approximate surface area is 143 Å². The smallest absolute Gasteiger partial charge is 0.409 e. The Morgan fingerprint density at radius 2 is 2.39 bits per heavy atom. The lowest BCUT2D eigenvalue weighted by Gasteiger charge is -2.18. The second-order valence-corrected chi connectivity index (χ2v) is 8.33. The van der Waals surface area contributed by atoms with Gasteiger partial charge in [0.2, 0.25) is 0 Å². The average Bonchev–Trinajstić information content (AvgIpc) is 3.10. The number of cyclic esters (lactones) is 1. The molecule has 23 heavy (non-hydrogen) atoms. The van der Waals surface area contributed by atoms with Crippen LogP contribution in [0, 0.1) is 5.92 Å².